The molecule has 0 bridgehead atoms. The van der Waals surface area contributed by atoms with E-state index in [4.69, 9.17) is 0 Å². The number of aliphatic hydroxyl groups is 1. The highest BCUT2D eigenvalue weighted by molar-refractivity contribution is 5.99. The molecule has 0 saturated heterocycles. The lowest BCUT2D eigenvalue weighted by Crippen LogP contribution is -2.54. The minimum absolute atomic E-state index is 0.0199. The first-order valence-corrected chi connectivity index (χ1v) is 7.12. The van der Waals surface area contributed by atoms with Gasteiger partial charge < -0.3 is 15.7 Å². The number of nitrogens with one attached hydrogen (secondary N) is 2. The zero-order valence-electron chi connectivity index (χ0n) is 12.0. The van der Waals surface area contributed by atoms with E-state index in [1.807, 2.05) is 6.92 Å². The van der Waals surface area contributed by atoms with Crippen LogP contribution >= 0.6 is 0 Å². The Balaban J connectivity index is 1.86. The van der Waals surface area contributed by atoms with Crippen molar-refractivity contribution < 1.29 is 23.1 Å². The Morgan fingerprint density at radius 2 is 2.09 bits per heavy atom. The molecule has 0 unspecified atom stereocenters. The molecular weight excluding hydrogens is 297 g/mol. The van der Waals surface area contributed by atoms with Crippen LogP contribution in [-0.4, -0.2) is 22.7 Å². The standard InChI is InChI=1S/C15H17F3N2O2/c1-14(4-9(21)5-14)20-6-8-2-10-11(7-19-13(10)22)12(3-8)15(16,17)18/h2-3,9,20-21H,4-7H2,1H3,(H,19,22). The third kappa shape index (κ3) is 2.70. The van der Waals surface area contributed by atoms with Crippen LogP contribution in [0.3, 0.4) is 0 Å². The normalized spacial score (nSPS) is 27.3. The lowest BCUT2D eigenvalue weighted by molar-refractivity contribution is -0.138. The molecule has 1 aromatic carbocycles. The summed E-state index contributed by atoms with van der Waals surface area (Å²) in [6.07, 6.45) is -3.69. The van der Waals surface area contributed by atoms with Gasteiger partial charge in [0, 0.05) is 24.2 Å². The number of fused-ring (bicyclic) bond motifs is 1. The van der Waals surface area contributed by atoms with Crippen molar-refractivity contribution in [1.82, 2.24) is 10.6 Å². The highest BCUT2D eigenvalue weighted by atomic mass is 19.4. The molecule has 1 fully saturated rings. The molecule has 22 heavy (non-hydrogen) atoms. The van der Waals surface area contributed by atoms with Crippen LogP contribution in [0.25, 0.3) is 0 Å². The molecule has 0 atom stereocenters. The summed E-state index contributed by atoms with van der Waals surface area (Å²) in [6, 6.07) is 2.61. The molecule has 0 radical (unpaired) electrons. The highest BCUT2D eigenvalue weighted by Crippen LogP contribution is 2.37. The molecule has 120 valence electrons. The van der Waals surface area contributed by atoms with Gasteiger partial charge in [-0.05, 0) is 43.0 Å². The van der Waals surface area contributed by atoms with E-state index in [0.717, 1.165) is 6.07 Å². The van der Waals surface area contributed by atoms with E-state index in [0.29, 0.717) is 18.4 Å². The molecule has 2 aliphatic rings. The second-order valence-corrected chi connectivity index (χ2v) is 6.33. The quantitative estimate of drug-likeness (QED) is 0.799. The average Bonchev–Trinajstić information content (AvgIpc) is 2.75. The highest BCUT2D eigenvalue weighted by Gasteiger charge is 2.40. The Kier molecular flexibility index (Phi) is 3.45. The van der Waals surface area contributed by atoms with Gasteiger partial charge in [-0.1, -0.05) is 0 Å². The zero-order valence-corrected chi connectivity index (χ0v) is 12.0. The van der Waals surface area contributed by atoms with Crippen molar-refractivity contribution in [3.63, 3.8) is 0 Å². The minimum atomic E-state index is -4.48. The van der Waals surface area contributed by atoms with Gasteiger partial charge in [-0.25, -0.2) is 0 Å². The van der Waals surface area contributed by atoms with E-state index < -0.39 is 17.6 Å². The summed E-state index contributed by atoms with van der Waals surface area (Å²) >= 11 is 0. The number of amides is 1. The van der Waals surface area contributed by atoms with Crippen LogP contribution in [0.15, 0.2) is 12.1 Å². The summed E-state index contributed by atoms with van der Waals surface area (Å²) in [5, 5.41) is 15.0. The van der Waals surface area contributed by atoms with E-state index in [2.05, 4.69) is 10.6 Å². The fourth-order valence-electron chi connectivity index (χ4n) is 3.18. The first-order chi connectivity index (χ1) is 10.2. The van der Waals surface area contributed by atoms with E-state index in [1.54, 1.807) is 0 Å². The van der Waals surface area contributed by atoms with Gasteiger partial charge in [0.1, 0.15) is 0 Å². The molecule has 7 heteroatoms. The van der Waals surface area contributed by atoms with Gasteiger partial charge >= 0.3 is 6.18 Å². The molecule has 3 N–H and O–H groups in total. The first kappa shape index (κ1) is 15.3. The number of rotatable bonds is 3. The predicted octanol–water partition coefficient (Wildman–Crippen LogP) is 1.95. The van der Waals surface area contributed by atoms with Gasteiger partial charge in [-0.15, -0.1) is 0 Å². The second kappa shape index (κ2) is 4.96. The smallest absolute Gasteiger partial charge is 0.393 e. The topological polar surface area (TPSA) is 61.4 Å². The van der Waals surface area contributed by atoms with Crippen LogP contribution in [0.1, 0.15) is 46.8 Å². The number of hydrogen-bond donors (Lipinski definition) is 3. The molecule has 1 aliphatic heterocycles. The molecule has 1 amide bonds. The number of benzene rings is 1. The maximum absolute atomic E-state index is 13.2. The molecule has 1 heterocycles. The Morgan fingerprint density at radius 3 is 2.68 bits per heavy atom. The number of carbonyl (C=O) groups excluding carboxylic acids is 1. The second-order valence-electron chi connectivity index (χ2n) is 6.33. The van der Waals surface area contributed by atoms with Gasteiger partial charge in [0.05, 0.1) is 11.7 Å². The maximum atomic E-state index is 13.2. The van der Waals surface area contributed by atoms with E-state index in [9.17, 15) is 23.1 Å². The number of carbonyl (C=O) groups is 1. The SMILES string of the molecule is CC1(NCc2cc3c(c(C(F)(F)F)c2)CNC3=O)CC(O)C1. The van der Waals surface area contributed by atoms with Gasteiger partial charge in [0.2, 0.25) is 0 Å². The summed E-state index contributed by atoms with van der Waals surface area (Å²) < 4.78 is 39.5. The van der Waals surface area contributed by atoms with Crippen LogP contribution in [0.5, 0.6) is 0 Å². The molecule has 0 aromatic heterocycles. The monoisotopic (exact) mass is 314 g/mol. The van der Waals surface area contributed by atoms with Crippen molar-refractivity contribution in [2.75, 3.05) is 0 Å². The third-order valence-corrected chi connectivity index (χ3v) is 4.38. The van der Waals surface area contributed by atoms with Crippen LogP contribution < -0.4 is 10.6 Å². The van der Waals surface area contributed by atoms with Crippen LogP contribution in [0, 0.1) is 0 Å². The van der Waals surface area contributed by atoms with Crippen LogP contribution in [0.4, 0.5) is 13.2 Å². The van der Waals surface area contributed by atoms with Crippen molar-refractivity contribution in [1.29, 1.82) is 0 Å². The fraction of sp³-hybridized carbons (Fsp3) is 0.533. The van der Waals surface area contributed by atoms with E-state index in [1.165, 1.54) is 6.07 Å². The van der Waals surface area contributed by atoms with Crippen LogP contribution in [-0.2, 0) is 19.3 Å². The molecule has 0 spiro atoms. The van der Waals surface area contributed by atoms with E-state index in [-0.39, 0.29) is 35.9 Å². The zero-order chi connectivity index (χ0) is 16.1. The molecule has 3 rings (SSSR count). The number of alkyl halides is 3. The predicted molar refractivity (Wildman–Crippen MR) is 73.1 cm³/mol. The largest absolute Gasteiger partial charge is 0.416 e. The lowest BCUT2D eigenvalue weighted by Gasteiger charge is -2.43. The summed E-state index contributed by atoms with van der Waals surface area (Å²) in [6.45, 7) is 2.07. The van der Waals surface area contributed by atoms with Crippen LogP contribution in [0.2, 0.25) is 0 Å². The number of hydrogen-bond acceptors (Lipinski definition) is 3. The Labute approximate surface area is 125 Å². The van der Waals surface area contributed by atoms with Gasteiger partial charge in [0.15, 0.2) is 0 Å². The van der Waals surface area contributed by atoms with Crippen molar-refractivity contribution >= 4 is 5.91 Å². The molecule has 4 nitrogen and oxygen atoms in total. The lowest BCUT2D eigenvalue weighted by atomic mass is 9.76. The molecule has 1 aliphatic carbocycles. The van der Waals surface area contributed by atoms with Gasteiger partial charge in [-0.2, -0.15) is 13.2 Å². The third-order valence-electron chi connectivity index (χ3n) is 4.38. The van der Waals surface area contributed by atoms with Gasteiger partial charge in [0.25, 0.3) is 5.91 Å². The molecular formula is C15H17F3N2O2. The van der Waals surface area contributed by atoms with Gasteiger partial charge in [-0.3, -0.25) is 4.79 Å². The minimum Gasteiger partial charge on any atom is -0.393 e. The van der Waals surface area contributed by atoms with Crippen molar-refractivity contribution in [3.05, 3.63) is 34.4 Å². The number of halogens is 3. The summed E-state index contributed by atoms with van der Waals surface area (Å²) in [7, 11) is 0. The summed E-state index contributed by atoms with van der Waals surface area (Å²) in [5.74, 6) is -0.465. The summed E-state index contributed by atoms with van der Waals surface area (Å²) in [4.78, 5) is 11.7. The molecule has 1 saturated carbocycles. The van der Waals surface area contributed by atoms with E-state index >= 15 is 0 Å². The van der Waals surface area contributed by atoms with Crippen molar-refractivity contribution in [2.45, 2.75) is 50.7 Å². The average molecular weight is 314 g/mol. The van der Waals surface area contributed by atoms with Crippen molar-refractivity contribution in [3.8, 4) is 0 Å². The fourth-order valence-corrected chi connectivity index (χ4v) is 3.18. The Hall–Kier alpha value is -1.60. The first-order valence-electron chi connectivity index (χ1n) is 7.12. The Bertz CT molecular complexity index is 622. The Morgan fingerprint density at radius 1 is 1.41 bits per heavy atom. The van der Waals surface area contributed by atoms with Crippen molar-refractivity contribution in [2.24, 2.45) is 0 Å². The number of aliphatic hydroxyl groups excluding tert-OH is 1. The summed E-state index contributed by atoms with van der Waals surface area (Å²) in [5.41, 5.74) is -0.472. The maximum Gasteiger partial charge on any atom is 0.416 e. The molecule has 1 aromatic rings.